The quantitative estimate of drug-likeness (QED) is 0.378. The summed E-state index contributed by atoms with van der Waals surface area (Å²) < 4.78 is 26.4. The van der Waals surface area contributed by atoms with Crippen LogP contribution < -0.4 is 9.47 Å². The van der Waals surface area contributed by atoms with Gasteiger partial charge in [0.1, 0.15) is 35.8 Å². The van der Waals surface area contributed by atoms with Gasteiger partial charge in [0, 0.05) is 29.3 Å². The van der Waals surface area contributed by atoms with Crippen molar-refractivity contribution in [3.8, 4) is 17.2 Å². The Morgan fingerprint density at radius 1 is 1.11 bits per heavy atom. The van der Waals surface area contributed by atoms with E-state index in [4.69, 9.17) is 21.1 Å². The number of fused-ring (bicyclic) bond motifs is 1. The second kappa shape index (κ2) is 10.2. The van der Waals surface area contributed by atoms with Crippen molar-refractivity contribution in [3.63, 3.8) is 0 Å². The summed E-state index contributed by atoms with van der Waals surface area (Å²) in [5.74, 6) is 1.98. The number of ether oxygens (including phenoxy) is 2. The van der Waals surface area contributed by atoms with E-state index in [1.165, 1.54) is 18.6 Å². The fourth-order valence-corrected chi connectivity index (χ4v) is 5.43. The van der Waals surface area contributed by atoms with E-state index in [0.717, 1.165) is 47.0 Å². The number of halogens is 2. The Labute approximate surface area is 216 Å². The largest absolute Gasteiger partial charge is 0.508 e. The van der Waals surface area contributed by atoms with Crippen LogP contribution in [0.25, 0.3) is 11.1 Å². The smallest absolute Gasteiger partial charge is 0.150 e. The Balaban J connectivity index is 1.43. The molecular formula is C30H31ClFNO3. The van der Waals surface area contributed by atoms with Crippen molar-refractivity contribution in [2.45, 2.75) is 39.3 Å². The van der Waals surface area contributed by atoms with Crippen LogP contribution in [0, 0.1) is 11.7 Å². The molecule has 0 amide bonds. The minimum atomic E-state index is -0.455. The first-order chi connectivity index (χ1) is 17.3. The van der Waals surface area contributed by atoms with Gasteiger partial charge in [0.25, 0.3) is 0 Å². The Kier molecular flexibility index (Phi) is 6.96. The first kappa shape index (κ1) is 24.7. The van der Waals surface area contributed by atoms with Gasteiger partial charge in [-0.05, 0) is 86.3 Å². The van der Waals surface area contributed by atoms with Crippen LogP contribution in [0.5, 0.6) is 17.2 Å². The van der Waals surface area contributed by atoms with Crippen molar-refractivity contribution in [3.05, 3.63) is 88.2 Å². The number of hydrogen-bond donors (Lipinski definition) is 1. The molecule has 3 aromatic rings. The van der Waals surface area contributed by atoms with E-state index in [1.54, 1.807) is 24.3 Å². The number of likely N-dealkylation sites (tertiary alicyclic amines) is 1. The third-order valence-corrected chi connectivity index (χ3v) is 7.56. The topological polar surface area (TPSA) is 41.9 Å². The molecule has 0 radical (unpaired) electrons. The summed E-state index contributed by atoms with van der Waals surface area (Å²) in [6.07, 6.45) is 0.792. The minimum absolute atomic E-state index is 0.152. The number of aromatic hydroxyl groups is 1. The maximum atomic E-state index is 13.8. The highest BCUT2D eigenvalue weighted by molar-refractivity contribution is 6.32. The minimum Gasteiger partial charge on any atom is -0.508 e. The average molecular weight is 508 g/mol. The summed E-state index contributed by atoms with van der Waals surface area (Å²) in [6.45, 7) is 9.37. The van der Waals surface area contributed by atoms with Gasteiger partial charge in [-0.2, -0.15) is 0 Å². The first-order valence-corrected chi connectivity index (χ1v) is 12.8. The molecular weight excluding hydrogens is 477 g/mol. The molecule has 6 heteroatoms. The van der Waals surface area contributed by atoms with E-state index in [1.807, 2.05) is 31.2 Å². The predicted molar refractivity (Wildman–Crippen MR) is 142 cm³/mol. The van der Waals surface area contributed by atoms with Crippen LogP contribution in [-0.4, -0.2) is 35.7 Å². The summed E-state index contributed by atoms with van der Waals surface area (Å²) in [4.78, 5) is 2.48. The highest BCUT2D eigenvalue weighted by Gasteiger charge is 2.31. The number of benzene rings is 3. The fourth-order valence-electron chi connectivity index (χ4n) is 5.16. The van der Waals surface area contributed by atoms with Gasteiger partial charge in [-0.15, -0.1) is 0 Å². The van der Waals surface area contributed by atoms with E-state index in [9.17, 15) is 9.50 Å². The summed E-state index contributed by atoms with van der Waals surface area (Å²) >= 11 is 6.50. The molecule has 1 saturated heterocycles. The summed E-state index contributed by atoms with van der Waals surface area (Å²) in [6, 6.07) is 17.7. The number of nitrogens with zero attached hydrogens (tertiary/aromatic N) is 1. The van der Waals surface area contributed by atoms with Gasteiger partial charge in [0.05, 0.1) is 5.02 Å². The van der Waals surface area contributed by atoms with Gasteiger partial charge in [-0.1, -0.05) is 36.7 Å². The van der Waals surface area contributed by atoms with Crippen molar-refractivity contribution in [2.24, 2.45) is 5.92 Å². The molecule has 1 unspecified atom stereocenters. The van der Waals surface area contributed by atoms with Crippen LogP contribution in [0.15, 0.2) is 60.7 Å². The van der Waals surface area contributed by atoms with Gasteiger partial charge in [-0.25, -0.2) is 4.39 Å². The zero-order valence-electron chi connectivity index (χ0n) is 20.8. The zero-order chi connectivity index (χ0) is 25.4. The van der Waals surface area contributed by atoms with Crippen molar-refractivity contribution in [2.75, 3.05) is 19.7 Å². The molecule has 2 heterocycles. The number of phenols is 1. The molecule has 5 rings (SSSR count). The highest BCUT2D eigenvalue weighted by Crippen LogP contribution is 2.48. The van der Waals surface area contributed by atoms with Crippen LogP contribution in [0.4, 0.5) is 4.39 Å². The van der Waals surface area contributed by atoms with Crippen LogP contribution in [0.2, 0.25) is 5.02 Å². The van der Waals surface area contributed by atoms with Crippen LogP contribution in [-0.2, 0) is 0 Å². The molecule has 1 fully saturated rings. The normalized spacial score (nSPS) is 20.7. The third kappa shape index (κ3) is 4.95. The molecule has 4 nitrogen and oxygen atoms in total. The molecule has 0 aliphatic carbocycles. The molecule has 2 aliphatic heterocycles. The second-order valence-electron chi connectivity index (χ2n) is 9.96. The fraction of sp³-hybridized carbons (Fsp3) is 0.333. The van der Waals surface area contributed by atoms with E-state index in [-0.39, 0.29) is 5.75 Å². The van der Waals surface area contributed by atoms with Gasteiger partial charge in [0.2, 0.25) is 0 Å². The number of phenolic OH excluding ortho intramolecular Hbond substituents is 1. The van der Waals surface area contributed by atoms with Gasteiger partial charge < -0.3 is 14.6 Å². The lowest BCUT2D eigenvalue weighted by molar-refractivity contribution is 0.169. The number of allylic oxidation sites excluding steroid dienone is 1. The maximum Gasteiger partial charge on any atom is 0.150 e. The van der Waals surface area contributed by atoms with E-state index >= 15 is 0 Å². The highest BCUT2D eigenvalue weighted by atomic mass is 35.5. The third-order valence-electron chi connectivity index (χ3n) is 7.25. The maximum absolute atomic E-state index is 13.8. The van der Waals surface area contributed by atoms with Crippen molar-refractivity contribution < 1.29 is 19.0 Å². The standard InChI is InChI=1S/C30H31ClFNO3/c1-18-12-13-33(16-18)19(2)17-35-24-8-4-21(5-9-24)30-29(25-10-6-22(32)14-27(25)31)20(3)26-15-23(34)7-11-28(26)36-30/h4-11,14-15,18-19,30,34H,12-13,16-17H2,1-3H3/t18-,19-,30?/m0/s1. The molecule has 1 N–H and O–H groups in total. The van der Waals surface area contributed by atoms with Crippen LogP contribution in [0.3, 0.4) is 0 Å². The Bertz CT molecular complexity index is 1290. The SMILES string of the molecule is CC1=C(c2ccc(F)cc2Cl)C(c2ccc(OC[C@H](C)N3CC[C@H](C)C3)cc2)Oc2ccc(O)cc21. The molecule has 3 aromatic carbocycles. The first-order valence-electron chi connectivity index (χ1n) is 12.4. The molecule has 2 aliphatic rings. The Morgan fingerprint density at radius 2 is 1.89 bits per heavy atom. The molecule has 3 atom stereocenters. The molecule has 36 heavy (non-hydrogen) atoms. The Hall–Kier alpha value is -3.02. The molecule has 0 bridgehead atoms. The Morgan fingerprint density at radius 3 is 2.58 bits per heavy atom. The lowest BCUT2D eigenvalue weighted by Crippen LogP contribution is -2.35. The second-order valence-corrected chi connectivity index (χ2v) is 10.4. The predicted octanol–water partition coefficient (Wildman–Crippen LogP) is 7.36. The molecule has 188 valence electrons. The monoisotopic (exact) mass is 507 g/mol. The summed E-state index contributed by atoms with van der Waals surface area (Å²) in [5, 5.41) is 10.4. The number of hydrogen-bond acceptors (Lipinski definition) is 4. The van der Waals surface area contributed by atoms with Gasteiger partial charge >= 0.3 is 0 Å². The van der Waals surface area contributed by atoms with Crippen LogP contribution in [0.1, 0.15) is 50.0 Å². The van der Waals surface area contributed by atoms with Crippen LogP contribution >= 0.6 is 11.6 Å². The van der Waals surface area contributed by atoms with Gasteiger partial charge in [0.15, 0.2) is 0 Å². The van der Waals surface area contributed by atoms with Crippen molar-refractivity contribution in [1.29, 1.82) is 0 Å². The summed E-state index contributed by atoms with van der Waals surface area (Å²) in [7, 11) is 0. The van der Waals surface area contributed by atoms with E-state index in [0.29, 0.717) is 29.0 Å². The molecule has 0 spiro atoms. The molecule has 0 saturated carbocycles. The lowest BCUT2D eigenvalue weighted by Gasteiger charge is -2.31. The van der Waals surface area contributed by atoms with Crippen molar-refractivity contribution in [1.82, 2.24) is 4.90 Å². The molecule has 0 aromatic heterocycles. The lowest BCUT2D eigenvalue weighted by atomic mass is 9.86. The average Bonchev–Trinajstić information content (AvgIpc) is 3.30. The van der Waals surface area contributed by atoms with Crippen molar-refractivity contribution >= 4 is 22.7 Å². The van der Waals surface area contributed by atoms with E-state index < -0.39 is 11.9 Å². The summed E-state index contributed by atoms with van der Waals surface area (Å²) in [5.41, 5.74) is 4.16. The van der Waals surface area contributed by atoms with Gasteiger partial charge in [-0.3, -0.25) is 4.90 Å². The van der Waals surface area contributed by atoms with E-state index in [2.05, 4.69) is 18.7 Å². The number of rotatable bonds is 6. The zero-order valence-corrected chi connectivity index (χ0v) is 21.6.